The van der Waals surface area contributed by atoms with Crippen molar-refractivity contribution in [1.82, 2.24) is 0 Å². The highest BCUT2D eigenvalue weighted by Crippen LogP contribution is 1.99. The molecule has 0 unspecified atom stereocenters. The Hall–Kier alpha value is -0.530. The predicted molar refractivity (Wildman–Crippen MR) is 36.1 cm³/mol. The first-order valence-corrected chi connectivity index (χ1v) is 3.30. The van der Waals surface area contributed by atoms with Gasteiger partial charge in [-0.3, -0.25) is 4.79 Å². The maximum Gasteiger partial charge on any atom is 0.303 e. The van der Waals surface area contributed by atoms with Crippen molar-refractivity contribution in [3.05, 3.63) is 6.42 Å². The Morgan fingerprint density at radius 1 is 1.56 bits per heavy atom. The first-order chi connectivity index (χ1) is 4.27. The molecule has 0 saturated carbocycles. The highest BCUT2D eigenvalue weighted by molar-refractivity contribution is 5.66. The van der Waals surface area contributed by atoms with Gasteiger partial charge in [-0.2, -0.15) is 0 Å². The number of hydrogen-bond acceptors (Lipinski definition) is 1. The van der Waals surface area contributed by atoms with E-state index in [1.54, 1.807) is 0 Å². The minimum atomic E-state index is -0.706. The van der Waals surface area contributed by atoms with Crippen LogP contribution in [-0.4, -0.2) is 11.1 Å². The van der Waals surface area contributed by atoms with E-state index in [1.165, 1.54) is 0 Å². The molecule has 0 aliphatic rings. The summed E-state index contributed by atoms with van der Waals surface area (Å²) < 4.78 is 0. The lowest BCUT2D eigenvalue weighted by atomic mass is 10.2. The van der Waals surface area contributed by atoms with Crippen LogP contribution in [0, 0.1) is 6.42 Å². The highest BCUT2D eigenvalue weighted by Gasteiger charge is 1.94. The summed E-state index contributed by atoms with van der Waals surface area (Å²) in [6, 6.07) is 0. The molecular formula is C7H13O2. The zero-order valence-corrected chi connectivity index (χ0v) is 5.76. The summed E-state index contributed by atoms with van der Waals surface area (Å²) in [4.78, 5) is 9.94. The number of rotatable bonds is 5. The minimum absolute atomic E-state index is 0.278. The fraction of sp³-hybridized carbons (Fsp3) is 0.714. The van der Waals surface area contributed by atoms with Gasteiger partial charge in [0.05, 0.1) is 0 Å². The van der Waals surface area contributed by atoms with Crippen LogP contribution in [0.15, 0.2) is 0 Å². The van der Waals surface area contributed by atoms with Crippen LogP contribution in [0.4, 0.5) is 0 Å². The van der Waals surface area contributed by atoms with Gasteiger partial charge in [-0.25, -0.2) is 0 Å². The molecule has 1 N–H and O–H groups in total. The van der Waals surface area contributed by atoms with Crippen molar-refractivity contribution in [1.29, 1.82) is 0 Å². The molecule has 0 amide bonds. The molecule has 0 rings (SSSR count). The van der Waals surface area contributed by atoms with Crippen molar-refractivity contribution in [2.75, 3.05) is 0 Å². The molecule has 0 aromatic rings. The van der Waals surface area contributed by atoms with E-state index < -0.39 is 5.97 Å². The summed E-state index contributed by atoms with van der Waals surface area (Å²) in [6.45, 7) is 2.08. The molecule has 9 heavy (non-hydrogen) atoms. The van der Waals surface area contributed by atoms with E-state index >= 15 is 0 Å². The molecule has 0 spiro atoms. The van der Waals surface area contributed by atoms with Crippen LogP contribution >= 0.6 is 0 Å². The third-order valence-electron chi connectivity index (χ3n) is 1.06. The average Bonchev–Trinajstić information content (AvgIpc) is 1.80. The number of carboxylic acid groups (broad SMARTS) is 1. The van der Waals surface area contributed by atoms with E-state index in [-0.39, 0.29) is 6.42 Å². The molecule has 0 aliphatic carbocycles. The van der Waals surface area contributed by atoms with Gasteiger partial charge >= 0.3 is 5.97 Å². The summed E-state index contributed by atoms with van der Waals surface area (Å²) in [5, 5.41) is 8.19. The Balaban J connectivity index is 2.83. The molecule has 2 nitrogen and oxygen atoms in total. The molecule has 0 aromatic carbocycles. The van der Waals surface area contributed by atoms with E-state index in [2.05, 4.69) is 6.92 Å². The van der Waals surface area contributed by atoms with Crippen LogP contribution < -0.4 is 0 Å². The Morgan fingerprint density at radius 3 is 2.67 bits per heavy atom. The quantitative estimate of drug-likeness (QED) is 0.575. The van der Waals surface area contributed by atoms with E-state index in [1.807, 2.05) is 6.42 Å². The molecule has 1 radical (unpaired) electrons. The van der Waals surface area contributed by atoms with Gasteiger partial charge in [0.1, 0.15) is 0 Å². The van der Waals surface area contributed by atoms with Gasteiger partial charge in [-0.15, -0.1) is 0 Å². The van der Waals surface area contributed by atoms with E-state index in [0.29, 0.717) is 6.42 Å². The first kappa shape index (κ1) is 8.47. The van der Waals surface area contributed by atoms with Crippen molar-refractivity contribution in [3.63, 3.8) is 0 Å². The van der Waals surface area contributed by atoms with Gasteiger partial charge in [0, 0.05) is 6.42 Å². The van der Waals surface area contributed by atoms with Crippen LogP contribution in [0.1, 0.15) is 32.6 Å². The second-order valence-electron chi connectivity index (χ2n) is 2.01. The molecule has 0 bridgehead atoms. The molecule has 0 saturated heterocycles. The van der Waals surface area contributed by atoms with Gasteiger partial charge in [-0.05, 0) is 12.8 Å². The van der Waals surface area contributed by atoms with Gasteiger partial charge in [0.25, 0.3) is 0 Å². The van der Waals surface area contributed by atoms with Gasteiger partial charge in [0.2, 0.25) is 0 Å². The monoisotopic (exact) mass is 129 g/mol. The third-order valence-corrected chi connectivity index (χ3v) is 1.06. The zero-order valence-electron chi connectivity index (χ0n) is 5.76. The summed E-state index contributed by atoms with van der Waals surface area (Å²) in [7, 11) is 0. The fourth-order valence-electron chi connectivity index (χ4n) is 0.574. The standard InChI is InChI=1S/C7H13O2/c1-2-3-4-5-6-7(8)9/h4H,2-3,5-6H2,1H3,(H,8,9). The maximum absolute atomic E-state index is 9.94. The number of hydrogen-bond donors (Lipinski definition) is 1. The van der Waals surface area contributed by atoms with Crippen LogP contribution in [-0.2, 0) is 4.79 Å². The number of unbranched alkanes of at least 4 members (excludes halogenated alkanes) is 3. The molecule has 0 heterocycles. The van der Waals surface area contributed by atoms with Gasteiger partial charge in [-0.1, -0.05) is 19.8 Å². The van der Waals surface area contributed by atoms with Crippen molar-refractivity contribution >= 4 is 5.97 Å². The number of carboxylic acids is 1. The van der Waals surface area contributed by atoms with Crippen LogP contribution in [0.5, 0.6) is 0 Å². The SMILES string of the molecule is CCC[CH]CCC(=O)O. The summed E-state index contributed by atoms with van der Waals surface area (Å²) in [5.74, 6) is -0.706. The number of carbonyl (C=O) groups is 1. The van der Waals surface area contributed by atoms with E-state index in [0.717, 1.165) is 12.8 Å². The Morgan fingerprint density at radius 2 is 2.22 bits per heavy atom. The van der Waals surface area contributed by atoms with Crippen LogP contribution in [0.3, 0.4) is 0 Å². The molecular weight excluding hydrogens is 116 g/mol. The molecule has 0 aliphatic heterocycles. The van der Waals surface area contributed by atoms with Gasteiger partial charge < -0.3 is 5.11 Å². The Labute approximate surface area is 55.9 Å². The minimum Gasteiger partial charge on any atom is -0.481 e. The van der Waals surface area contributed by atoms with Crippen molar-refractivity contribution < 1.29 is 9.90 Å². The van der Waals surface area contributed by atoms with Crippen molar-refractivity contribution in [3.8, 4) is 0 Å². The largest absolute Gasteiger partial charge is 0.481 e. The Kier molecular flexibility index (Phi) is 5.27. The number of aliphatic carboxylic acids is 1. The lowest BCUT2D eigenvalue weighted by Gasteiger charge is -1.92. The smallest absolute Gasteiger partial charge is 0.303 e. The van der Waals surface area contributed by atoms with E-state index in [9.17, 15) is 4.79 Å². The Bertz CT molecular complexity index is 79.0. The van der Waals surface area contributed by atoms with Crippen molar-refractivity contribution in [2.24, 2.45) is 0 Å². The lowest BCUT2D eigenvalue weighted by molar-refractivity contribution is -0.136. The first-order valence-electron chi connectivity index (χ1n) is 3.30. The highest BCUT2D eigenvalue weighted by atomic mass is 16.4. The summed E-state index contributed by atoms with van der Waals surface area (Å²) in [6.07, 6.45) is 5.16. The second kappa shape index (κ2) is 5.60. The van der Waals surface area contributed by atoms with E-state index in [4.69, 9.17) is 5.11 Å². The fourth-order valence-corrected chi connectivity index (χ4v) is 0.574. The molecule has 0 aromatic heterocycles. The lowest BCUT2D eigenvalue weighted by Crippen LogP contribution is -1.93. The predicted octanol–water partition coefficient (Wildman–Crippen LogP) is 1.86. The maximum atomic E-state index is 9.94. The molecule has 0 atom stereocenters. The topological polar surface area (TPSA) is 37.3 Å². The van der Waals surface area contributed by atoms with Crippen LogP contribution in [0.2, 0.25) is 0 Å². The second-order valence-corrected chi connectivity index (χ2v) is 2.01. The zero-order chi connectivity index (χ0) is 7.11. The van der Waals surface area contributed by atoms with Gasteiger partial charge in [0.15, 0.2) is 0 Å². The average molecular weight is 129 g/mol. The third kappa shape index (κ3) is 7.47. The van der Waals surface area contributed by atoms with Crippen molar-refractivity contribution in [2.45, 2.75) is 32.6 Å². The van der Waals surface area contributed by atoms with Crippen LogP contribution in [0.25, 0.3) is 0 Å². The molecule has 0 fully saturated rings. The molecule has 53 valence electrons. The molecule has 2 heteroatoms. The summed E-state index contributed by atoms with van der Waals surface area (Å²) >= 11 is 0. The summed E-state index contributed by atoms with van der Waals surface area (Å²) in [5.41, 5.74) is 0. The normalized spacial score (nSPS) is 9.44.